The minimum absolute atomic E-state index is 0.163. The number of thiazole rings is 1. The van der Waals surface area contributed by atoms with Crippen LogP contribution in [0.5, 0.6) is 0 Å². The minimum Gasteiger partial charge on any atom is -0.304 e. The molecule has 2 aromatic rings. The SMILES string of the molecule is CC(NCc1nccs1)c1ccc(F)c(Br)c1. The first-order valence-electron chi connectivity index (χ1n) is 5.23. The Bertz CT molecular complexity index is 487. The van der Waals surface area contributed by atoms with Crippen molar-refractivity contribution < 1.29 is 4.39 Å². The lowest BCUT2D eigenvalue weighted by molar-refractivity contribution is 0.568. The summed E-state index contributed by atoms with van der Waals surface area (Å²) in [6.45, 7) is 2.78. The Hall–Kier alpha value is -0.780. The third kappa shape index (κ3) is 3.34. The standard InChI is InChI=1S/C12H12BrFN2S/c1-8(16-7-12-15-4-5-17-12)9-2-3-11(14)10(13)6-9/h2-6,8,16H,7H2,1H3. The molecule has 0 aliphatic rings. The molecule has 1 atom stereocenters. The van der Waals surface area contributed by atoms with E-state index < -0.39 is 0 Å². The summed E-state index contributed by atoms with van der Waals surface area (Å²) in [4.78, 5) is 4.20. The Morgan fingerprint density at radius 2 is 2.35 bits per heavy atom. The lowest BCUT2D eigenvalue weighted by atomic mass is 10.1. The zero-order valence-corrected chi connectivity index (χ0v) is 11.7. The molecule has 1 aromatic carbocycles. The predicted octanol–water partition coefficient (Wildman–Crippen LogP) is 3.90. The Kier molecular flexibility index (Phi) is 4.25. The van der Waals surface area contributed by atoms with Crippen molar-refractivity contribution in [3.63, 3.8) is 0 Å². The van der Waals surface area contributed by atoms with Crippen LogP contribution in [-0.4, -0.2) is 4.98 Å². The van der Waals surface area contributed by atoms with Gasteiger partial charge in [0, 0.05) is 24.2 Å². The Morgan fingerprint density at radius 1 is 1.53 bits per heavy atom. The van der Waals surface area contributed by atoms with E-state index in [0.29, 0.717) is 4.47 Å². The molecule has 0 aliphatic heterocycles. The second-order valence-electron chi connectivity index (χ2n) is 3.70. The molecule has 5 heteroatoms. The maximum absolute atomic E-state index is 13.1. The number of nitrogens with one attached hydrogen (secondary N) is 1. The molecule has 2 nitrogen and oxygen atoms in total. The number of rotatable bonds is 4. The van der Waals surface area contributed by atoms with E-state index in [1.807, 2.05) is 12.3 Å². The van der Waals surface area contributed by atoms with Crippen LogP contribution in [0.4, 0.5) is 4.39 Å². The maximum Gasteiger partial charge on any atom is 0.137 e. The van der Waals surface area contributed by atoms with Gasteiger partial charge < -0.3 is 5.32 Å². The minimum atomic E-state index is -0.235. The zero-order valence-electron chi connectivity index (χ0n) is 9.28. The molecular weight excluding hydrogens is 303 g/mol. The topological polar surface area (TPSA) is 24.9 Å². The van der Waals surface area contributed by atoms with E-state index in [9.17, 15) is 4.39 Å². The summed E-state index contributed by atoms with van der Waals surface area (Å²) in [5.41, 5.74) is 1.05. The van der Waals surface area contributed by atoms with Gasteiger partial charge in [0.2, 0.25) is 0 Å². The van der Waals surface area contributed by atoms with Gasteiger partial charge in [0.05, 0.1) is 4.47 Å². The Labute approximate surface area is 112 Å². The summed E-state index contributed by atoms with van der Waals surface area (Å²) in [6.07, 6.45) is 1.79. The monoisotopic (exact) mass is 314 g/mol. The van der Waals surface area contributed by atoms with E-state index in [1.54, 1.807) is 29.7 Å². The quantitative estimate of drug-likeness (QED) is 0.926. The van der Waals surface area contributed by atoms with Crippen molar-refractivity contribution in [2.24, 2.45) is 0 Å². The fourth-order valence-electron chi connectivity index (χ4n) is 1.48. The van der Waals surface area contributed by atoms with Gasteiger partial charge in [-0.2, -0.15) is 0 Å². The summed E-state index contributed by atoms with van der Waals surface area (Å²) in [5.74, 6) is -0.235. The number of halogens is 2. The van der Waals surface area contributed by atoms with E-state index in [1.165, 1.54) is 6.07 Å². The number of hydrogen-bond donors (Lipinski definition) is 1. The highest BCUT2D eigenvalue weighted by Crippen LogP contribution is 2.21. The fourth-order valence-corrected chi connectivity index (χ4v) is 2.44. The third-order valence-corrected chi connectivity index (χ3v) is 3.87. The second-order valence-corrected chi connectivity index (χ2v) is 5.54. The van der Waals surface area contributed by atoms with Crippen LogP contribution in [0.15, 0.2) is 34.2 Å². The first kappa shape index (κ1) is 12.7. The number of aromatic nitrogens is 1. The smallest absolute Gasteiger partial charge is 0.137 e. The van der Waals surface area contributed by atoms with Crippen LogP contribution in [-0.2, 0) is 6.54 Å². The van der Waals surface area contributed by atoms with Gasteiger partial charge in [0.25, 0.3) is 0 Å². The molecule has 1 aromatic heterocycles. The normalized spacial score (nSPS) is 12.6. The van der Waals surface area contributed by atoms with Crippen molar-refractivity contribution in [3.8, 4) is 0 Å². The van der Waals surface area contributed by atoms with E-state index in [0.717, 1.165) is 17.1 Å². The molecule has 1 unspecified atom stereocenters. The third-order valence-electron chi connectivity index (χ3n) is 2.49. The predicted molar refractivity (Wildman–Crippen MR) is 71.5 cm³/mol. The van der Waals surface area contributed by atoms with Gasteiger partial charge in [-0.25, -0.2) is 9.37 Å². The molecule has 0 aliphatic carbocycles. The molecule has 0 fully saturated rings. The van der Waals surface area contributed by atoms with Gasteiger partial charge in [-0.05, 0) is 40.5 Å². The highest BCUT2D eigenvalue weighted by Gasteiger charge is 2.08. The van der Waals surface area contributed by atoms with Gasteiger partial charge in [-0.3, -0.25) is 0 Å². The Balaban J connectivity index is 1.99. The van der Waals surface area contributed by atoms with Crippen molar-refractivity contribution in [1.29, 1.82) is 0 Å². The summed E-state index contributed by atoms with van der Waals surface area (Å²) in [5, 5.41) is 6.36. The van der Waals surface area contributed by atoms with Gasteiger partial charge in [0.1, 0.15) is 10.8 Å². The lowest BCUT2D eigenvalue weighted by Gasteiger charge is -2.13. The lowest BCUT2D eigenvalue weighted by Crippen LogP contribution is -2.18. The molecule has 0 amide bonds. The Morgan fingerprint density at radius 3 is 3.00 bits per heavy atom. The molecule has 0 saturated heterocycles. The van der Waals surface area contributed by atoms with Crippen LogP contribution in [0.25, 0.3) is 0 Å². The highest BCUT2D eigenvalue weighted by molar-refractivity contribution is 9.10. The van der Waals surface area contributed by atoms with Crippen LogP contribution in [0, 0.1) is 5.82 Å². The van der Waals surface area contributed by atoms with Crippen LogP contribution in [0.3, 0.4) is 0 Å². The number of nitrogens with zero attached hydrogens (tertiary/aromatic N) is 1. The summed E-state index contributed by atoms with van der Waals surface area (Å²) < 4.78 is 13.6. The molecule has 2 rings (SSSR count). The molecule has 1 N–H and O–H groups in total. The largest absolute Gasteiger partial charge is 0.304 e. The molecule has 0 radical (unpaired) electrons. The van der Waals surface area contributed by atoms with E-state index in [4.69, 9.17) is 0 Å². The van der Waals surface area contributed by atoms with Gasteiger partial charge in [0.15, 0.2) is 0 Å². The molecule has 0 spiro atoms. The summed E-state index contributed by atoms with van der Waals surface area (Å²) >= 11 is 4.81. The second kappa shape index (κ2) is 5.71. The average molecular weight is 315 g/mol. The fraction of sp³-hybridized carbons (Fsp3) is 0.250. The summed E-state index contributed by atoms with van der Waals surface area (Å²) in [7, 11) is 0. The number of hydrogen-bond acceptors (Lipinski definition) is 3. The van der Waals surface area contributed by atoms with Crippen molar-refractivity contribution >= 4 is 27.3 Å². The van der Waals surface area contributed by atoms with E-state index >= 15 is 0 Å². The molecule has 0 bridgehead atoms. The van der Waals surface area contributed by atoms with Gasteiger partial charge in [-0.1, -0.05) is 6.07 Å². The zero-order chi connectivity index (χ0) is 12.3. The van der Waals surface area contributed by atoms with E-state index in [2.05, 4.69) is 26.2 Å². The molecular formula is C12H12BrFN2S. The van der Waals surface area contributed by atoms with Crippen molar-refractivity contribution in [2.75, 3.05) is 0 Å². The van der Waals surface area contributed by atoms with Crippen molar-refractivity contribution in [3.05, 3.63) is 50.6 Å². The maximum atomic E-state index is 13.1. The average Bonchev–Trinajstić information content (AvgIpc) is 2.82. The molecule has 90 valence electrons. The molecule has 17 heavy (non-hydrogen) atoms. The highest BCUT2D eigenvalue weighted by atomic mass is 79.9. The van der Waals surface area contributed by atoms with E-state index in [-0.39, 0.29) is 11.9 Å². The first-order chi connectivity index (χ1) is 8.16. The van der Waals surface area contributed by atoms with Crippen LogP contribution in [0.2, 0.25) is 0 Å². The first-order valence-corrected chi connectivity index (χ1v) is 6.91. The summed E-state index contributed by atoms with van der Waals surface area (Å²) in [6, 6.07) is 5.23. The van der Waals surface area contributed by atoms with Gasteiger partial charge >= 0.3 is 0 Å². The van der Waals surface area contributed by atoms with Gasteiger partial charge in [-0.15, -0.1) is 11.3 Å². The molecule has 1 heterocycles. The number of benzene rings is 1. The van der Waals surface area contributed by atoms with Crippen LogP contribution >= 0.6 is 27.3 Å². The van der Waals surface area contributed by atoms with Crippen LogP contribution < -0.4 is 5.32 Å². The van der Waals surface area contributed by atoms with Crippen molar-refractivity contribution in [1.82, 2.24) is 10.3 Å². The van der Waals surface area contributed by atoms with Crippen LogP contribution in [0.1, 0.15) is 23.5 Å². The molecule has 0 saturated carbocycles. The van der Waals surface area contributed by atoms with Crippen molar-refractivity contribution in [2.45, 2.75) is 19.5 Å².